The third-order valence-corrected chi connectivity index (χ3v) is 1.87. The lowest BCUT2D eigenvalue weighted by Crippen LogP contribution is -2.22. The lowest BCUT2D eigenvalue weighted by atomic mass is 10.1. The fraction of sp³-hybridized carbons (Fsp3) is 0.444. The zero-order chi connectivity index (χ0) is 11.6. The van der Waals surface area contributed by atoms with Gasteiger partial charge in [0.25, 0.3) is 5.71 Å². The maximum atomic E-state index is 10.8. The Labute approximate surface area is 84.2 Å². The molecule has 1 unspecified atom stereocenters. The Balaban J connectivity index is 3.20. The van der Waals surface area contributed by atoms with Gasteiger partial charge in [0.2, 0.25) is 0 Å². The van der Waals surface area contributed by atoms with Crippen LogP contribution in [0.1, 0.15) is 7.77 Å². The van der Waals surface area contributed by atoms with Crippen molar-refractivity contribution >= 4 is 5.71 Å². The van der Waals surface area contributed by atoms with Gasteiger partial charge in [-0.05, 0) is 6.08 Å². The summed E-state index contributed by atoms with van der Waals surface area (Å²) >= 11 is 0. The molecule has 0 saturated carbocycles. The number of ether oxygens (including phenoxy) is 1. The molecule has 1 atom stereocenters. The van der Waals surface area contributed by atoms with E-state index >= 15 is 0 Å². The fourth-order valence-electron chi connectivity index (χ4n) is 1.15. The van der Waals surface area contributed by atoms with Crippen LogP contribution >= 0.6 is 0 Å². The number of nitrogens with zero attached hydrogens (tertiary/aromatic N) is 2. The van der Waals surface area contributed by atoms with Crippen LogP contribution in [0.15, 0.2) is 23.6 Å². The monoisotopic (exact) mass is 199 g/mol. The molecule has 1 aliphatic rings. The van der Waals surface area contributed by atoms with Crippen LogP contribution in [-0.4, -0.2) is 41.9 Å². The van der Waals surface area contributed by atoms with Gasteiger partial charge in [-0.3, -0.25) is 5.21 Å². The third kappa shape index (κ3) is 1.99. The fourth-order valence-corrected chi connectivity index (χ4v) is 1.15. The van der Waals surface area contributed by atoms with Gasteiger partial charge in [0, 0.05) is 26.4 Å². The summed E-state index contributed by atoms with van der Waals surface area (Å²) in [6, 6.07) is 0. The smallest absolute Gasteiger partial charge is 0.250 e. The summed E-state index contributed by atoms with van der Waals surface area (Å²) in [5.74, 6) is 0.519. The SMILES string of the molecule is [2H]C1C(N(C)C)=C(OC)C=C/C1=[N+](\[O-])O. The Morgan fingerprint density at radius 3 is 2.71 bits per heavy atom. The third-order valence-electron chi connectivity index (χ3n) is 1.87. The highest BCUT2D eigenvalue weighted by Crippen LogP contribution is 2.19. The molecule has 0 aliphatic heterocycles. The summed E-state index contributed by atoms with van der Waals surface area (Å²) in [6.07, 6.45) is 1.98. The van der Waals surface area contributed by atoms with Crippen LogP contribution in [0.4, 0.5) is 0 Å². The molecule has 1 aliphatic carbocycles. The molecular weight excluding hydrogens is 184 g/mol. The number of hydrogen-bond acceptors (Lipinski definition) is 4. The van der Waals surface area contributed by atoms with Crippen LogP contribution in [0.2, 0.25) is 0 Å². The molecule has 0 fully saturated rings. The van der Waals surface area contributed by atoms with Gasteiger partial charge in [-0.1, -0.05) is 0 Å². The molecule has 14 heavy (non-hydrogen) atoms. The van der Waals surface area contributed by atoms with Gasteiger partial charge < -0.3 is 14.8 Å². The van der Waals surface area contributed by atoms with E-state index in [1.54, 1.807) is 25.1 Å². The van der Waals surface area contributed by atoms with Crippen molar-refractivity contribution in [3.05, 3.63) is 28.8 Å². The molecule has 0 radical (unpaired) electrons. The average Bonchev–Trinajstić information content (AvgIpc) is 2.15. The van der Waals surface area contributed by atoms with Crippen molar-refractivity contribution in [3.8, 4) is 0 Å². The van der Waals surface area contributed by atoms with E-state index in [-0.39, 0.29) is 10.6 Å². The molecule has 0 spiro atoms. The zero-order valence-corrected chi connectivity index (χ0v) is 8.39. The summed E-state index contributed by atoms with van der Waals surface area (Å²) in [6.45, 7) is 0. The molecule has 0 bridgehead atoms. The maximum Gasteiger partial charge on any atom is 0.250 e. The lowest BCUT2D eigenvalue weighted by Gasteiger charge is -2.21. The van der Waals surface area contributed by atoms with E-state index in [2.05, 4.69) is 0 Å². The maximum absolute atomic E-state index is 10.8. The Morgan fingerprint density at radius 2 is 2.29 bits per heavy atom. The molecule has 0 aromatic rings. The van der Waals surface area contributed by atoms with Crippen LogP contribution in [0.25, 0.3) is 0 Å². The van der Waals surface area contributed by atoms with Crippen molar-refractivity contribution < 1.29 is 16.2 Å². The van der Waals surface area contributed by atoms with Gasteiger partial charge >= 0.3 is 0 Å². The Kier molecular flexibility index (Phi) is 2.58. The van der Waals surface area contributed by atoms with Crippen molar-refractivity contribution in [3.63, 3.8) is 0 Å². The summed E-state index contributed by atoms with van der Waals surface area (Å²) in [5, 5.41) is 19.5. The topological polar surface area (TPSA) is 58.8 Å². The summed E-state index contributed by atoms with van der Waals surface area (Å²) < 4.78 is 12.9. The predicted molar refractivity (Wildman–Crippen MR) is 51.9 cm³/mol. The minimum atomic E-state index is -0.942. The van der Waals surface area contributed by atoms with Gasteiger partial charge in [0.1, 0.15) is 5.76 Å². The van der Waals surface area contributed by atoms with Crippen LogP contribution in [0, 0.1) is 5.21 Å². The molecule has 5 nitrogen and oxygen atoms in total. The summed E-state index contributed by atoms with van der Waals surface area (Å²) in [7, 11) is 4.99. The first-order valence-electron chi connectivity index (χ1n) is 4.65. The van der Waals surface area contributed by atoms with Crippen molar-refractivity contribution in [1.29, 1.82) is 0 Å². The normalized spacial score (nSPS) is 25.9. The highest BCUT2D eigenvalue weighted by atomic mass is 16.8. The van der Waals surface area contributed by atoms with E-state index in [1.807, 2.05) is 0 Å². The zero-order valence-electron chi connectivity index (χ0n) is 9.39. The van der Waals surface area contributed by atoms with E-state index in [4.69, 9.17) is 11.3 Å². The number of rotatable bonds is 2. The first kappa shape index (κ1) is 8.93. The second-order valence-corrected chi connectivity index (χ2v) is 3.02. The quantitative estimate of drug-likeness (QED) is 0.404. The van der Waals surface area contributed by atoms with Gasteiger partial charge in [0.15, 0.2) is 0 Å². The highest BCUT2D eigenvalue weighted by molar-refractivity contribution is 5.94. The Bertz CT molecular complexity index is 343. The van der Waals surface area contributed by atoms with Crippen molar-refractivity contribution in [2.45, 2.75) is 6.40 Å². The molecule has 1 N–H and O–H groups in total. The minimum Gasteiger partial charge on any atom is -0.495 e. The Morgan fingerprint density at radius 1 is 1.64 bits per heavy atom. The van der Waals surface area contributed by atoms with Gasteiger partial charge in [-0.15, -0.1) is 0 Å². The molecule has 0 heterocycles. The summed E-state index contributed by atoms with van der Waals surface area (Å²) in [5.41, 5.74) is 0.504. The van der Waals surface area contributed by atoms with E-state index in [0.717, 1.165) is 0 Å². The second-order valence-electron chi connectivity index (χ2n) is 3.02. The molecule has 5 heteroatoms. The minimum absolute atomic E-state index is 0.0282. The largest absolute Gasteiger partial charge is 0.495 e. The lowest BCUT2D eigenvalue weighted by molar-refractivity contribution is -0.726. The first-order chi connectivity index (χ1) is 6.99. The van der Waals surface area contributed by atoms with Crippen molar-refractivity contribution in [2.24, 2.45) is 0 Å². The van der Waals surface area contributed by atoms with Crippen LogP contribution in [-0.2, 0) is 4.74 Å². The van der Waals surface area contributed by atoms with Crippen LogP contribution in [0.5, 0.6) is 0 Å². The van der Waals surface area contributed by atoms with Crippen LogP contribution < -0.4 is 0 Å². The molecule has 0 aromatic carbocycles. The van der Waals surface area contributed by atoms with Crippen molar-refractivity contribution in [1.82, 2.24) is 4.90 Å². The van der Waals surface area contributed by atoms with E-state index in [9.17, 15) is 5.21 Å². The average molecular weight is 199 g/mol. The standard InChI is InChI=1S/C9H14N2O3/c1-10(2)8-6-7(11(12)13)4-5-9(8)14-3/h4-5H,6H2,1-3H3,(H,12,13)/i6D. The predicted octanol–water partition coefficient (Wildman–Crippen LogP) is 0.706. The van der Waals surface area contributed by atoms with E-state index in [1.165, 1.54) is 13.2 Å². The van der Waals surface area contributed by atoms with E-state index in [0.29, 0.717) is 11.5 Å². The number of allylic oxidation sites excluding steroid dienone is 3. The van der Waals surface area contributed by atoms with Gasteiger partial charge in [0.05, 0.1) is 19.2 Å². The second kappa shape index (κ2) is 4.04. The highest BCUT2D eigenvalue weighted by Gasteiger charge is 2.20. The number of methoxy groups -OCH3 is 1. The van der Waals surface area contributed by atoms with Gasteiger partial charge in [-0.2, -0.15) is 0 Å². The van der Waals surface area contributed by atoms with E-state index < -0.39 is 6.40 Å². The Hall–Kier alpha value is -1.65. The molecule has 78 valence electrons. The molecule has 0 aromatic heterocycles. The first-order valence-corrected chi connectivity index (χ1v) is 4.07. The van der Waals surface area contributed by atoms with Crippen molar-refractivity contribution in [2.75, 3.05) is 21.2 Å². The molecular formula is C9H14N2O3. The summed E-state index contributed by atoms with van der Waals surface area (Å²) in [4.78, 5) is 1.40. The van der Waals surface area contributed by atoms with Crippen LogP contribution in [0.3, 0.4) is 0 Å². The molecule has 1 rings (SSSR count). The number of hydrogen-bond donors (Lipinski definition) is 1. The van der Waals surface area contributed by atoms with Gasteiger partial charge in [-0.25, -0.2) is 0 Å². The molecule has 0 amide bonds. The molecule has 0 saturated heterocycles.